The molecule has 128 valence electrons. The molecule has 0 aliphatic heterocycles. The number of nitriles is 1. The molecule has 1 aliphatic carbocycles. The van der Waals surface area contributed by atoms with Crippen molar-refractivity contribution in [2.75, 3.05) is 0 Å². The van der Waals surface area contributed by atoms with E-state index in [0.29, 0.717) is 21.8 Å². The highest BCUT2D eigenvalue weighted by Crippen LogP contribution is 2.33. The predicted molar refractivity (Wildman–Crippen MR) is 98.0 cm³/mol. The van der Waals surface area contributed by atoms with Crippen LogP contribution in [0.1, 0.15) is 48.4 Å². The third kappa shape index (κ3) is 3.31. The SMILES string of the molecule is Cc1c(C=Nc2ccc(Cl)cc2)c(O)n(C2CCCC2)c(=O)c1C#N. The minimum Gasteiger partial charge on any atom is -0.494 e. The Bertz CT molecular complexity index is 918. The highest BCUT2D eigenvalue weighted by atomic mass is 35.5. The number of hydrogen-bond acceptors (Lipinski definition) is 4. The van der Waals surface area contributed by atoms with Gasteiger partial charge in [0.25, 0.3) is 5.56 Å². The van der Waals surface area contributed by atoms with E-state index in [9.17, 15) is 15.2 Å². The molecule has 0 amide bonds. The fourth-order valence-corrected chi connectivity index (χ4v) is 3.39. The predicted octanol–water partition coefficient (Wildman–Crippen LogP) is 4.25. The number of rotatable bonds is 3. The van der Waals surface area contributed by atoms with Crippen LogP contribution in [0, 0.1) is 18.3 Å². The third-order valence-electron chi connectivity index (χ3n) is 4.65. The monoisotopic (exact) mass is 355 g/mol. The number of benzene rings is 1. The molecular weight excluding hydrogens is 338 g/mol. The molecule has 0 saturated heterocycles. The van der Waals surface area contributed by atoms with Gasteiger partial charge < -0.3 is 5.11 Å². The second-order valence-electron chi connectivity index (χ2n) is 6.20. The summed E-state index contributed by atoms with van der Waals surface area (Å²) in [6.07, 6.45) is 5.19. The topological polar surface area (TPSA) is 78.4 Å². The molecule has 2 aromatic rings. The van der Waals surface area contributed by atoms with Crippen molar-refractivity contribution in [1.29, 1.82) is 5.26 Å². The summed E-state index contributed by atoms with van der Waals surface area (Å²) in [5.74, 6) is -0.119. The summed E-state index contributed by atoms with van der Waals surface area (Å²) >= 11 is 5.86. The van der Waals surface area contributed by atoms with Gasteiger partial charge in [0.2, 0.25) is 5.88 Å². The Morgan fingerprint density at radius 3 is 2.56 bits per heavy atom. The van der Waals surface area contributed by atoms with Crippen LogP contribution < -0.4 is 5.56 Å². The van der Waals surface area contributed by atoms with Crippen LogP contribution in [-0.2, 0) is 0 Å². The van der Waals surface area contributed by atoms with Gasteiger partial charge in [-0.1, -0.05) is 24.4 Å². The van der Waals surface area contributed by atoms with E-state index >= 15 is 0 Å². The lowest BCUT2D eigenvalue weighted by atomic mass is 10.0. The quantitative estimate of drug-likeness (QED) is 0.836. The van der Waals surface area contributed by atoms with Gasteiger partial charge in [0.1, 0.15) is 11.6 Å². The summed E-state index contributed by atoms with van der Waals surface area (Å²) in [7, 11) is 0. The minimum absolute atomic E-state index is 0.0576. The van der Waals surface area contributed by atoms with Crippen molar-refractivity contribution in [3.8, 4) is 11.9 Å². The number of halogens is 1. The van der Waals surface area contributed by atoms with Crippen molar-refractivity contribution in [3.05, 3.63) is 56.3 Å². The van der Waals surface area contributed by atoms with E-state index in [1.165, 1.54) is 10.8 Å². The molecule has 1 aromatic heterocycles. The molecule has 1 N–H and O–H groups in total. The molecule has 1 saturated carbocycles. The molecule has 0 unspecified atom stereocenters. The molecule has 3 rings (SSSR count). The number of nitrogens with zero attached hydrogens (tertiary/aromatic N) is 3. The maximum Gasteiger partial charge on any atom is 0.271 e. The summed E-state index contributed by atoms with van der Waals surface area (Å²) in [5, 5.41) is 20.7. The molecule has 1 heterocycles. The van der Waals surface area contributed by atoms with Gasteiger partial charge in [-0.05, 0) is 49.6 Å². The van der Waals surface area contributed by atoms with Crippen molar-refractivity contribution < 1.29 is 5.11 Å². The van der Waals surface area contributed by atoms with Crippen molar-refractivity contribution >= 4 is 23.5 Å². The molecule has 6 heteroatoms. The highest BCUT2D eigenvalue weighted by Gasteiger charge is 2.25. The van der Waals surface area contributed by atoms with Crippen LogP contribution in [0.5, 0.6) is 5.88 Å². The molecule has 0 radical (unpaired) electrons. The summed E-state index contributed by atoms with van der Waals surface area (Å²) in [5.41, 5.74) is 1.14. The number of hydrogen-bond donors (Lipinski definition) is 1. The van der Waals surface area contributed by atoms with Crippen LogP contribution in [0.2, 0.25) is 5.02 Å². The normalized spacial score (nSPS) is 14.9. The van der Waals surface area contributed by atoms with E-state index < -0.39 is 5.56 Å². The zero-order valence-corrected chi connectivity index (χ0v) is 14.6. The van der Waals surface area contributed by atoms with Crippen LogP contribution in [0.4, 0.5) is 5.69 Å². The Hall–Kier alpha value is -2.58. The van der Waals surface area contributed by atoms with Crippen LogP contribution in [0.3, 0.4) is 0 Å². The first-order chi connectivity index (χ1) is 12.0. The van der Waals surface area contributed by atoms with E-state index in [2.05, 4.69) is 4.99 Å². The Labute approximate surface area is 150 Å². The molecule has 1 fully saturated rings. The first kappa shape index (κ1) is 17.2. The Morgan fingerprint density at radius 1 is 1.32 bits per heavy atom. The largest absolute Gasteiger partial charge is 0.494 e. The molecule has 25 heavy (non-hydrogen) atoms. The zero-order chi connectivity index (χ0) is 18.0. The van der Waals surface area contributed by atoms with E-state index in [1.54, 1.807) is 31.2 Å². The van der Waals surface area contributed by atoms with Crippen molar-refractivity contribution in [3.63, 3.8) is 0 Å². The Kier molecular flexibility index (Phi) is 4.91. The molecule has 5 nitrogen and oxygen atoms in total. The lowest BCUT2D eigenvalue weighted by molar-refractivity contribution is 0.368. The maximum atomic E-state index is 12.6. The van der Waals surface area contributed by atoms with Gasteiger partial charge in [0, 0.05) is 17.3 Å². The maximum absolute atomic E-state index is 12.6. The fraction of sp³-hybridized carbons (Fsp3) is 0.316. The van der Waals surface area contributed by atoms with Crippen LogP contribution in [0.15, 0.2) is 34.1 Å². The van der Waals surface area contributed by atoms with Gasteiger partial charge in [-0.3, -0.25) is 14.4 Å². The number of aromatic nitrogens is 1. The van der Waals surface area contributed by atoms with Gasteiger partial charge in [0.05, 0.1) is 11.3 Å². The Balaban J connectivity index is 2.12. The lowest BCUT2D eigenvalue weighted by Crippen LogP contribution is -2.28. The number of aromatic hydroxyl groups is 1. The number of aliphatic imine (C=N–C) groups is 1. The summed E-state index contributed by atoms with van der Waals surface area (Å²) in [6, 6.07) is 8.86. The van der Waals surface area contributed by atoms with Crippen molar-refractivity contribution in [2.24, 2.45) is 4.99 Å². The van der Waals surface area contributed by atoms with E-state index in [-0.39, 0.29) is 17.5 Å². The van der Waals surface area contributed by atoms with E-state index in [4.69, 9.17) is 11.6 Å². The summed E-state index contributed by atoms with van der Waals surface area (Å²) < 4.78 is 1.36. The average molecular weight is 356 g/mol. The van der Waals surface area contributed by atoms with Gasteiger partial charge in [-0.2, -0.15) is 5.26 Å². The first-order valence-electron chi connectivity index (χ1n) is 8.20. The van der Waals surface area contributed by atoms with Gasteiger partial charge in [0.15, 0.2) is 0 Å². The number of pyridine rings is 1. The Morgan fingerprint density at radius 2 is 1.96 bits per heavy atom. The van der Waals surface area contributed by atoms with Crippen LogP contribution in [-0.4, -0.2) is 15.9 Å². The molecule has 0 bridgehead atoms. The minimum atomic E-state index is -0.423. The molecule has 1 aliphatic rings. The van der Waals surface area contributed by atoms with Crippen LogP contribution in [0.25, 0.3) is 0 Å². The molecule has 0 spiro atoms. The molecule has 1 aromatic carbocycles. The average Bonchev–Trinajstić information content (AvgIpc) is 3.11. The van der Waals surface area contributed by atoms with E-state index in [0.717, 1.165) is 25.7 Å². The fourth-order valence-electron chi connectivity index (χ4n) is 3.26. The smallest absolute Gasteiger partial charge is 0.271 e. The summed E-state index contributed by atoms with van der Waals surface area (Å²) in [4.78, 5) is 17.0. The zero-order valence-electron chi connectivity index (χ0n) is 13.9. The lowest BCUT2D eigenvalue weighted by Gasteiger charge is -2.19. The summed E-state index contributed by atoms with van der Waals surface area (Å²) in [6.45, 7) is 1.65. The van der Waals surface area contributed by atoms with Gasteiger partial charge in [-0.25, -0.2) is 0 Å². The van der Waals surface area contributed by atoms with Crippen molar-refractivity contribution in [1.82, 2.24) is 4.57 Å². The highest BCUT2D eigenvalue weighted by molar-refractivity contribution is 6.30. The standard InChI is InChI=1S/C19H18ClN3O2/c1-12-16(10-21)18(24)23(15-4-2-3-5-15)19(25)17(12)11-22-14-8-6-13(20)7-9-14/h6-9,11,15,25H,2-5H2,1H3. The van der Waals surface area contributed by atoms with Gasteiger partial charge in [-0.15, -0.1) is 0 Å². The van der Waals surface area contributed by atoms with Crippen LogP contribution >= 0.6 is 11.6 Å². The molecule has 0 atom stereocenters. The second kappa shape index (κ2) is 7.12. The van der Waals surface area contributed by atoms with Crippen molar-refractivity contribution in [2.45, 2.75) is 38.6 Å². The second-order valence-corrected chi connectivity index (χ2v) is 6.63. The molecular formula is C19H18ClN3O2. The van der Waals surface area contributed by atoms with E-state index in [1.807, 2.05) is 6.07 Å². The first-order valence-corrected chi connectivity index (χ1v) is 8.58. The van der Waals surface area contributed by atoms with Gasteiger partial charge >= 0.3 is 0 Å². The third-order valence-corrected chi connectivity index (χ3v) is 4.90.